The van der Waals surface area contributed by atoms with E-state index in [2.05, 4.69) is 13.8 Å². The molecule has 1 aliphatic rings. The largest absolute Gasteiger partial charge is 0.463 e. The molecule has 0 amide bonds. The van der Waals surface area contributed by atoms with Crippen LogP contribution in [0.1, 0.15) is 69.2 Å². The van der Waals surface area contributed by atoms with Gasteiger partial charge in [0, 0.05) is 0 Å². The summed E-state index contributed by atoms with van der Waals surface area (Å²) in [5.74, 6) is -0.431. The highest BCUT2D eigenvalue weighted by Crippen LogP contribution is 2.33. The molecule has 0 aliphatic carbocycles. The zero-order valence-corrected chi connectivity index (χ0v) is 21.2. The second-order valence-electron chi connectivity index (χ2n) is 8.79. The minimum absolute atomic E-state index is 0.232. The van der Waals surface area contributed by atoms with E-state index in [1.54, 1.807) is 29.7 Å². The maximum atomic E-state index is 13.7. The third-order valence-corrected chi connectivity index (χ3v) is 6.96. The Labute approximate surface area is 207 Å². The van der Waals surface area contributed by atoms with Crippen molar-refractivity contribution in [3.63, 3.8) is 0 Å². The molecular weight excluding hydrogens is 463 g/mol. The Morgan fingerprint density at radius 3 is 2.43 bits per heavy atom. The highest BCUT2D eigenvalue weighted by molar-refractivity contribution is 7.07. The van der Waals surface area contributed by atoms with Gasteiger partial charge in [0.05, 0.1) is 28.5 Å². The lowest BCUT2D eigenvalue weighted by Gasteiger charge is -2.26. The van der Waals surface area contributed by atoms with E-state index >= 15 is 0 Å². The normalized spacial score (nSPS) is 15.8. The van der Waals surface area contributed by atoms with Gasteiger partial charge in [-0.3, -0.25) is 9.36 Å². The summed E-state index contributed by atoms with van der Waals surface area (Å²) >= 11 is 1.27. The molecule has 2 heterocycles. The maximum Gasteiger partial charge on any atom is 0.338 e. The Kier molecular flexibility index (Phi) is 7.45. The molecule has 5 nitrogen and oxygen atoms in total. The molecule has 7 heteroatoms. The van der Waals surface area contributed by atoms with Crippen LogP contribution in [0, 0.1) is 5.82 Å². The zero-order valence-electron chi connectivity index (χ0n) is 20.4. The molecule has 0 bridgehead atoms. The van der Waals surface area contributed by atoms with Gasteiger partial charge in [-0.05, 0) is 54.2 Å². The summed E-state index contributed by atoms with van der Waals surface area (Å²) in [5.41, 5.74) is 3.54. The fourth-order valence-corrected chi connectivity index (χ4v) is 5.23. The van der Waals surface area contributed by atoms with Crippen LogP contribution in [0.4, 0.5) is 4.39 Å². The van der Waals surface area contributed by atoms with Crippen molar-refractivity contribution in [1.29, 1.82) is 0 Å². The Balaban J connectivity index is 1.97. The number of aromatic nitrogens is 1. The third-order valence-electron chi connectivity index (χ3n) is 5.98. The van der Waals surface area contributed by atoms with E-state index in [9.17, 15) is 14.0 Å². The first-order valence-corrected chi connectivity index (χ1v) is 12.7. The van der Waals surface area contributed by atoms with E-state index in [1.165, 1.54) is 29.0 Å². The van der Waals surface area contributed by atoms with Crippen molar-refractivity contribution in [1.82, 2.24) is 4.57 Å². The molecule has 4 rings (SSSR count). The van der Waals surface area contributed by atoms with Gasteiger partial charge >= 0.3 is 5.97 Å². The predicted molar refractivity (Wildman–Crippen MR) is 137 cm³/mol. The van der Waals surface area contributed by atoms with Gasteiger partial charge in [-0.25, -0.2) is 14.2 Å². The molecule has 182 valence electrons. The fourth-order valence-electron chi connectivity index (χ4n) is 4.21. The Morgan fingerprint density at radius 2 is 1.83 bits per heavy atom. The van der Waals surface area contributed by atoms with Crippen molar-refractivity contribution in [3.05, 3.63) is 102 Å². The second-order valence-corrected chi connectivity index (χ2v) is 9.80. The van der Waals surface area contributed by atoms with Gasteiger partial charge in [0.25, 0.3) is 5.56 Å². The Morgan fingerprint density at radius 1 is 1.14 bits per heavy atom. The molecule has 0 N–H and O–H groups in total. The lowest BCUT2D eigenvalue weighted by atomic mass is 9.92. The predicted octanol–water partition coefficient (Wildman–Crippen LogP) is 4.84. The number of hydrogen-bond donors (Lipinski definition) is 0. The number of benzene rings is 2. The SMILES string of the molecule is CCCC1=C(C(=O)OCC)[C@H](c2ccc(C(C)C)cc2)n2c(s/c(=C\c3ccc(F)cc3)c2=O)=N1. The van der Waals surface area contributed by atoms with Crippen LogP contribution in [-0.2, 0) is 9.53 Å². The van der Waals surface area contributed by atoms with Crippen molar-refractivity contribution in [2.45, 2.75) is 52.5 Å². The molecule has 0 fully saturated rings. The molecule has 0 spiro atoms. The van der Waals surface area contributed by atoms with Crippen molar-refractivity contribution in [2.24, 2.45) is 4.99 Å². The molecular formula is C28H29FN2O3S. The number of carbonyl (C=O) groups excluding carboxylic acids is 1. The fraction of sp³-hybridized carbons (Fsp3) is 0.321. The van der Waals surface area contributed by atoms with Gasteiger partial charge in [0.15, 0.2) is 4.80 Å². The van der Waals surface area contributed by atoms with Crippen molar-refractivity contribution < 1.29 is 13.9 Å². The summed E-state index contributed by atoms with van der Waals surface area (Å²) in [6.45, 7) is 8.27. The smallest absolute Gasteiger partial charge is 0.338 e. The van der Waals surface area contributed by atoms with E-state index in [1.807, 2.05) is 31.2 Å². The van der Waals surface area contributed by atoms with Gasteiger partial charge in [-0.2, -0.15) is 0 Å². The topological polar surface area (TPSA) is 60.7 Å². The van der Waals surface area contributed by atoms with Crippen LogP contribution in [0.25, 0.3) is 6.08 Å². The summed E-state index contributed by atoms with van der Waals surface area (Å²) in [6, 6.07) is 13.4. The summed E-state index contributed by atoms with van der Waals surface area (Å²) in [7, 11) is 0. The molecule has 2 aromatic carbocycles. The third kappa shape index (κ3) is 5.05. The standard InChI is InChI=1S/C28H29FN2O3S/c1-5-7-22-24(27(33)34-6-2)25(20-12-10-19(11-13-20)17(3)4)31-26(32)23(35-28(31)30-22)16-18-8-14-21(29)15-9-18/h8-17,25H,5-7H2,1-4H3/b23-16-/t25-/m0/s1. The van der Waals surface area contributed by atoms with Crippen LogP contribution in [0.5, 0.6) is 0 Å². The summed E-state index contributed by atoms with van der Waals surface area (Å²) < 4.78 is 20.9. The first-order chi connectivity index (χ1) is 16.8. The first-order valence-electron chi connectivity index (χ1n) is 11.9. The van der Waals surface area contributed by atoms with Gasteiger partial charge in [0.1, 0.15) is 5.82 Å². The molecule has 0 radical (unpaired) electrons. The Hall–Kier alpha value is -3.32. The van der Waals surface area contributed by atoms with Crippen molar-refractivity contribution >= 4 is 23.4 Å². The molecule has 1 aromatic heterocycles. The number of thiazole rings is 1. The monoisotopic (exact) mass is 492 g/mol. The van der Waals surface area contributed by atoms with Gasteiger partial charge < -0.3 is 4.74 Å². The van der Waals surface area contributed by atoms with Gasteiger partial charge in [-0.15, -0.1) is 0 Å². The minimum atomic E-state index is -0.636. The number of esters is 1. The van der Waals surface area contributed by atoms with Gasteiger partial charge in [-0.1, -0.05) is 74.9 Å². The number of ether oxygens (including phenoxy) is 1. The molecule has 1 atom stereocenters. The number of carbonyl (C=O) groups is 1. The van der Waals surface area contributed by atoms with E-state index in [-0.39, 0.29) is 18.0 Å². The van der Waals surface area contributed by atoms with Crippen LogP contribution >= 0.6 is 11.3 Å². The second kappa shape index (κ2) is 10.5. The quantitative estimate of drug-likeness (QED) is 0.444. The lowest BCUT2D eigenvalue weighted by Crippen LogP contribution is -2.40. The number of allylic oxidation sites excluding steroid dienone is 1. The lowest BCUT2D eigenvalue weighted by molar-refractivity contribution is -0.139. The first kappa shape index (κ1) is 24.8. The average Bonchev–Trinajstić information content (AvgIpc) is 3.14. The molecule has 0 saturated carbocycles. The molecule has 0 unspecified atom stereocenters. The number of nitrogens with zero attached hydrogens (tertiary/aromatic N) is 2. The highest BCUT2D eigenvalue weighted by atomic mass is 32.1. The van der Waals surface area contributed by atoms with Gasteiger partial charge in [0.2, 0.25) is 0 Å². The number of hydrogen-bond acceptors (Lipinski definition) is 5. The molecule has 1 aliphatic heterocycles. The molecule has 35 heavy (non-hydrogen) atoms. The van der Waals surface area contributed by atoms with Crippen molar-refractivity contribution in [2.75, 3.05) is 6.61 Å². The van der Waals surface area contributed by atoms with Crippen LogP contribution in [0.2, 0.25) is 0 Å². The van der Waals surface area contributed by atoms with Crippen LogP contribution in [0.3, 0.4) is 0 Å². The summed E-state index contributed by atoms with van der Waals surface area (Å²) in [4.78, 5) is 32.2. The maximum absolute atomic E-state index is 13.7. The summed E-state index contributed by atoms with van der Waals surface area (Å²) in [6.07, 6.45) is 3.12. The highest BCUT2D eigenvalue weighted by Gasteiger charge is 2.34. The van der Waals surface area contributed by atoms with E-state index < -0.39 is 12.0 Å². The van der Waals surface area contributed by atoms with E-state index in [0.29, 0.717) is 38.5 Å². The van der Waals surface area contributed by atoms with Crippen LogP contribution < -0.4 is 14.9 Å². The van der Waals surface area contributed by atoms with E-state index in [0.717, 1.165) is 12.0 Å². The Bertz CT molecular complexity index is 1430. The van der Waals surface area contributed by atoms with Crippen LogP contribution in [0.15, 0.2) is 69.6 Å². The van der Waals surface area contributed by atoms with E-state index in [4.69, 9.17) is 9.73 Å². The average molecular weight is 493 g/mol. The minimum Gasteiger partial charge on any atom is -0.463 e. The van der Waals surface area contributed by atoms with Crippen LogP contribution in [-0.4, -0.2) is 17.1 Å². The molecule has 0 saturated heterocycles. The number of halogens is 1. The number of fused-ring (bicyclic) bond motifs is 1. The van der Waals surface area contributed by atoms with Crippen molar-refractivity contribution in [3.8, 4) is 0 Å². The zero-order chi connectivity index (χ0) is 25.1. The molecule has 3 aromatic rings. The summed E-state index contributed by atoms with van der Waals surface area (Å²) in [5, 5.41) is 0. The number of rotatable bonds is 7.